The number of anilines is 2. The molecule has 0 heterocycles. The SMILES string of the molecule is CC1(CNc2ccc(F)c(N)c2C(=O)O)CC1. The van der Waals surface area contributed by atoms with E-state index in [1.165, 1.54) is 12.1 Å². The van der Waals surface area contributed by atoms with Gasteiger partial charge in [0.15, 0.2) is 0 Å². The minimum atomic E-state index is -1.22. The molecular weight excluding hydrogens is 223 g/mol. The van der Waals surface area contributed by atoms with Crippen LogP contribution in [0.4, 0.5) is 15.8 Å². The van der Waals surface area contributed by atoms with Crippen molar-refractivity contribution < 1.29 is 14.3 Å². The van der Waals surface area contributed by atoms with Crippen molar-refractivity contribution in [3.8, 4) is 0 Å². The van der Waals surface area contributed by atoms with E-state index in [1.54, 1.807) is 0 Å². The van der Waals surface area contributed by atoms with Crippen molar-refractivity contribution >= 4 is 17.3 Å². The van der Waals surface area contributed by atoms with Crippen LogP contribution < -0.4 is 11.1 Å². The maximum atomic E-state index is 13.2. The normalized spacial score (nSPS) is 16.6. The zero-order chi connectivity index (χ0) is 12.6. The molecule has 1 saturated carbocycles. The third-order valence-corrected chi connectivity index (χ3v) is 3.22. The Morgan fingerprint density at radius 2 is 2.24 bits per heavy atom. The maximum Gasteiger partial charge on any atom is 0.340 e. The molecule has 0 aromatic heterocycles. The summed E-state index contributed by atoms with van der Waals surface area (Å²) in [7, 11) is 0. The summed E-state index contributed by atoms with van der Waals surface area (Å²) in [6.45, 7) is 2.80. The van der Waals surface area contributed by atoms with Gasteiger partial charge in [-0.1, -0.05) is 6.92 Å². The average Bonchev–Trinajstić information content (AvgIpc) is 2.98. The molecule has 0 unspecified atom stereocenters. The van der Waals surface area contributed by atoms with Gasteiger partial charge in [-0.3, -0.25) is 0 Å². The first-order valence-corrected chi connectivity index (χ1v) is 5.48. The molecule has 0 aliphatic heterocycles. The van der Waals surface area contributed by atoms with Gasteiger partial charge < -0.3 is 16.2 Å². The van der Waals surface area contributed by atoms with Crippen molar-refractivity contribution in [3.63, 3.8) is 0 Å². The fourth-order valence-electron chi connectivity index (χ4n) is 1.67. The van der Waals surface area contributed by atoms with Crippen LogP contribution in [0, 0.1) is 11.2 Å². The van der Waals surface area contributed by atoms with E-state index in [-0.39, 0.29) is 16.7 Å². The topological polar surface area (TPSA) is 75.3 Å². The van der Waals surface area contributed by atoms with Crippen LogP contribution in [0.2, 0.25) is 0 Å². The highest BCUT2D eigenvalue weighted by Crippen LogP contribution is 2.45. The Bertz CT molecular complexity index is 470. The molecule has 4 nitrogen and oxygen atoms in total. The summed E-state index contributed by atoms with van der Waals surface area (Å²) < 4.78 is 13.2. The van der Waals surface area contributed by atoms with E-state index in [4.69, 9.17) is 10.8 Å². The lowest BCUT2D eigenvalue weighted by atomic mass is 10.1. The second kappa shape index (κ2) is 3.91. The lowest BCUT2D eigenvalue weighted by Gasteiger charge is -2.15. The quantitative estimate of drug-likeness (QED) is 0.704. The van der Waals surface area contributed by atoms with Gasteiger partial charge in [-0.2, -0.15) is 0 Å². The van der Waals surface area contributed by atoms with E-state index in [2.05, 4.69) is 12.2 Å². The van der Waals surface area contributed by atoms with Crippen LogP contribution in [-0.2, 0) is 0 Å². The molecule has 0 saturated heterocycles. The van der Waals surface area contributed by atoms with Crippen LogP contribution >= 0.6 is 0 Å². The molecule has 17 heavy (non-hydrogen) atoms. The molecule has 1 aliphatic carbocycles. The van der Waals surface area contributed by atoms with E-state index in [0.717, 1.165) is 12.8 Å². The van der Waals surface area contributed by atoms with Gasteiger partial charge in [0.1, 0.15) is 11.4 Å². The predicted molar refractivity (Wildman–Crippen MR) is 63.6 cm³/mol. The number of nitrogen functional groups attached to an aromatic ring is 1. The number of rotatable bonds is 4. The van der Waals surface area contributed by atoms with E-state index in [1.807, 2.05) is 0 Å². The van der Waals surface area contributed by atoms with Crippen LogP contribution in [-0.4, -0.2) is 17.6 Å². The number of halogens is 1. The molecule has 1 aliphatic rings. The van der Waals surface area contributed by atoms with Crippen molar-refractivity contribution in [2.75, 3.05) is 17.6 Å². The van der Waals surface area contributed by atoms with Crippen LogP contribution in [0.25, 0.3) is 0 Å². The zero-order valence-electron chi connectivity index (χ0n) is 9.59. The summed E-state index contributed by atoms with van der Waals surface area (Å²) in [5.74, 6) is -1.92. The second-order valence-electron chi connectivity index (χ2n) is 4.85. The van der Waals surface area contributed by atoms with Crippen LogP contribution in [0.5, 0.6) is 0 Å². The standard InChI is InChI=1S/C12H15FN2O2/c1-12(4-5-12)6-15-8-3-2-7(13)10(14)9(8)11(16)17/h2-3,15H,4-6,14H2,1H3,(H,16,17). The highest BCUT2D eigenvalue weighted by atomic mass is 19.1. The Morgan fingerprint density at radius 3 is 2.76 bits per heavy atom. The molecule has 0 radical (unpaired) electrons. The Morgan fingerprint density at radius 1 is 1.59 bits per heavy atom. The van der Waals surface area contributed by atoms with Gasteiger partial charge in [0.2, 0.25) is 0 Å². The number of aromatic carboxylic acids is 1. The number of benzene rings is 1. The maximum absolute atomic E-state index is 13.2. The van der Waals surface area contributed by atoms with Crippen LogP contribution in [0.3, 0.4) is 0 Å². The smallest absolute Gasteiger partial charge is 0.340 e. The van der Waals surface area contributed by atoms with Gasteiger partial charge >= 0.3 is 5.97 Å². The molecule has 0 spiro atoms. The van der Waals surface area contributed by atoms with Gasteiger partial charge in [-0.15, -0.1) is 0 Å². The first-order valence-electron chi connectivity index (χ1n) is 5.48. The summed E-state index contributed by atoms with van der Waals surface area (Å²) in [4.78, 5) is 11.0. The molecule has 1 fully saturated rings. The first-order chi connectivity index (χ1) is 7.93. The minimum Gasteiger partial charge on any atom is -0.478 e. The molecular formula is C12H15FN2O2. The molecule has 4 N–H and O–H groups in total. The molecule has 0 atom stereocenters. The minimum absolute atomic E-state index is 0.186. The van der Waals surface area contributed by atoms with Gasteiger partial charge in [-0.25, -0.2) is 9.18 Å². The highest BCUT2D eigenvalue weighted by molar-refractivity contribution is 6.00. The van der Waals surface area contributed by atoms with Crippen LogP contribution in [0.15, 0.2) is 12.1 Å². The molecule has 1 aromatic rings. The Kier molecular flexibility index (Phi) is 2.69. The summed E-state index contributed by atoms with van der Waals surface area (Å²) >= 11 is 0. The fraction of sp³-hybridized carbons (Fsp3) is 0.417. The summed E-state index contributed by atoms with van der Waals surface area (Å²) in [5.41, 5.74) is 5.56. The van der Waals surface area contributed by atoms with E-state index in [9.17, 15) is 9.18 Å². The molecule has 0 amide bonds. The number of carboxylic acids is 1. The second-order valence-corrected chi connectivity index (χ2v) is 4.85. The number of carbonyl (C=O) groups is 1. The third kappa shape index (κ3) is 2.33. The van der Waals surface area contributed by atoms with E-state index in [0.29, 0.717) is 12.2 Å². The van der Waals surface area contributed by atoms with Gasteiger partial charge in [0, 0.05) is 6.54 Å². The summed E-state index contributed by atoms with van der Waals surface area (Å²) in [5, 5.41) is 12.1. The van der Waals surface area contributed by atoms with Crippen molar-refractivity contribution in [1.29, 1.82) is 0 Å². The van der Waals surface area contributed by atoms with Gasteiger partial charge in [0.05, 0.1) is 11.4 Å². The number of hydrogen-bond donors (Lipinski definition) is 3. The van der Waals surface area contributed by atoms with Crippen LogP contribution in [0.1, 0.15) is 30.1 Å². The van der Waals surface area contributed by atoms with E-state index < -0.39 is 11.8 Å². The van der Waals surface area contributed by atoms with Gasteiger partial charge in [0.25, 0.3) is 0 Å². The Balaban J connectivity index is 2.26. The number of nitrogens with two attached hydrogens (primary N) is 1. The fourth-order valence-corrected chi connectivity index (χ4v) is 1.67. The number of nitrogens with one attached hydrogen (secondary N) is 1. The van der Waals surface area contributed by atoms with Crippen molar-refractivity contribution in [2.24, 2.45) is 5.41 Å². The van der Waals surface area contributed by atoms with Gasteiger partial charge in [-0.05, 0) is 30.4 Å². The lowest BCUT2D eigenvalue weighted by Crippen LogP contribution is -2.16. The number of hydrogen-bond acceptors (Lipinski definition) is 3. The molecule has 0 bridgehead atoms. The van der Waals surface area contributed by atoms with Crippen molar-refractivity contribution in [3.05, 3.63) is 23.5 Å². The third-order valence-electron chi connectivity index (χ3n) is 3.22. The van der Waals surface area contributed by atoms with Crippen molar-refractivity contribution in [2.45, 2.75) is 19.8 Å². The number of carboxylic acid groups (broad SMARTS) is 1. The molecule has 5 heteroatoms. The molecule has 1 aromatic carbocycles. The Labute approximate surface area is 98.6 Å². The summed E-state index contributed by atoms with van der Waals surface area (Å²) in [6, 6.07) is 2.60. The largest absolute Gasteiger partial charge is 0.478 e. The predicted octanol–water partition coefficient (Wildman–Crippen LogP) is 2.32. The molecule has 2 rings (SSSR count). The zero-order valence-corrected chi connectivity index (χ0v) is 9.59. The lowest BCUT2D eigenvalue weighted by molar-refractivity contribution is 0.0698. The monoisotopic (exact) mass is 238 g/mol. The van der Waals surface area contributed by atoms with Crippen molar-refractivity contribution in [1.82, 2.24) is 0 Å². The highest BCUT2D eigenvalue weighted by Gasteiger charge is 2.37. The summed E-state index contributed by atoms with van der Waals surface area (Å²) in [6.07, 6.45) is 2.25. The Hall–Kier alpha value is -1.78. The first kappa shape index (κ1) is 11.7. The van der Waals surface area contributed by atoms with E-state index >= 15 is 0 Å². The molecule has 92 valence electrons. The average molecular weight is 238 g/mol.